The van der Waals surface area contributed by atoms with E-state index >= 15 is 0 Å². The molecule has 1 aromatic rings. The number of nitrogens with one attached hydrogen (secondary N) is 1. The van der Waals surface area contributed by atoms with E-state index in [4.69, 9.17) is 0 Å². The maximum atomic E-state index is 11.4. The Labute approximate surface area is 123 Å². The molecule has 0 fully saturated rings. The molecule has 4 heteroatoms. The second-order valence-electron chi connectivity index (χ2n) is 5.75. The zero-order chi connectivity index (χ0) is 15.2. The van der Waals surface area contributed by atoms with Crippen molar-refractivity contribution < 1.29 is 8.42 Å². The molecule has 1 N–H and O–H groups in total. The Hall–Kier alpha value is -0.870. The first-order valence-electron chi connectivity index (χ1n) is 7.34. The van der Waals surface area contributed by atoms with Gasteiger partial charge in [-0.3, -0.25) is 0 Å². The lowest BCUT2D eigenvalue weighted by Gasteiger charge is -2.19. The smallest absolute Gasteiger partial charge is 0.147 e. The van der Waals surface area contributed by atoms with E-state index < -0.39 is 9.84 Å². The molecule has 0 heterocycles. The van der Waals surface area contributed by atoms with Crippen molar-refractivity contribution in [2.45, 2.75) is 45.6 Å². The molecule has 0 spiro atoms. The molecule has 0 saturated heterocycles. The summed E-state index contributed by atoms with van der Waals surface area (Å²) in [7, 11) is -2.91. The van der Waals surface area contributed by atoms with Crippen LogP contribution in [0.15, 0.2) is 24.3 Å². The van der Waals surface area contributed by atoms with E-state index in [1.807, 2.05) is 0 Å². The number of sulfone groups is 1. The largest absolute Gasteiger partial charge is 0.310 e. The van der Waals surface area contributed by atoms with Gasteiger partial charge in [0.2, 0.25) is 0 Å². The van der Waals surface area contributed by atoms with Crippen molar-refractivity contribution in [1.29, 1.82) is 0 Å². The molecule has 0 amide bonds. The van der Waals surface area contributed by atoms with Crippen LogP contribution in [-0.4, -0.2) is 27.0 Å². The minimum absolute atomic E-state index is 0.117. The van der Waals surface area contributed by atoms with Gasteiger partial charge in [-0.25, -0.2) is 8.42 Å². The summed E-state index contributed by atoms with van der Waals surface area (Å²) in [6.07, 6.45) is 2.96. The topological polar surface area (TPSA) is 46.2 Å². The van der Waals surface area contributed by atoms with E-state index in [-0.39, 0.29) is 11.8 Å². The maximum absolute atomic E-state index is 11.4. The van der Waals surface area contributed by atoms with E-state index in [1.165, 1.54) is 17.4 Å². The van der Waals surface area contributed by atoms with E-state index in [0.717, 1.165) is 13.0 Å². The Morgan fingerprint density at radius 2 is 1.65 bits per heavy atom. The molecule has 0 bridgehead atoms. The highest BCUT2D eigenvalue weighted by Crippen LogP contribution is 2.21. The molecular weight excluding hydrogens is 270 g/mol. The Balaban J connectivity index is 2.80. The zero-order valence-electron chi connectivity index (χ0n) is 13.0. The SMILES string of the molecule is CCCNC(CCS(C)(=O)=O)c1ccc(C(C)C)cc1. The van der Waals surface area contributed by atoms with Gasteiger partial charge >= 0.3 is 0 Å². The normalized spacial score (nSPS) is 13.7. The Kier molecular flexibility index (Phi) is 6.69. The number of hydrogen-bond donors (Lipinski definition) is 1. The van der Waals surface area contributed by atoms with Crippen molar-refractivity contribution in [3.63, 3.8) is 0 Å². The lowest BCUT2D eigenvalue weighted by molar-refractivity contribution is 0.513. The van der Waals surface area contributed by atoms with Gasteiger partial charge < -0.3 is 5.32 Å². The van der Waals surface area contributed by atoms with Crippen LogP contribution in [0.4, 0.5) is 0 Å². The molecule has 0 saturated carbocycles. The summed E-state index contributed by atoms with van der Waals surface area (Å²) in [6.45, 7) is 7.36. The van der Waals surface area contributed by atoms with Gasteiger partial charge in [0.1, 0.15) is 9.84 Å². The fourth-order valence-electron chi connectivity index (χ4n) is 2.15. The van der Waals surface area contributed by atoms with E-state index in [1.54, 1.807) is 0 Å². The zero-order valence-corrected chi connectivity index (χ0v) is 13.8. The van der Waals surface area contributed by atoms with Gasteiger partial charge in [0.25, 0.3) is 0 Å². The molecule has 0 aromatic heterocycles. The fraction of sp³-hybridized carbons (Fsp3) is 0.625. The van der Waals surface area contributed by atoms with Gasteiger partial charge in [0.15, 0.2) is 0 Å². The quantitative estimate of drug-likeness (QED) is 0.801. The number of benzene rings is 1. The van der Waals surface area contributed by atoms with E-state index in [0.29, 0.717) is 12.3 Å². The first-order chi connectivity index (χ1) is 9.33. The van der Waals surface area contributed by atoms with Crippen LogP contribution >= 0.6 is 0 Å². The van der Waals surface area contributed by atoms with Crippen LogP contribution in [0.2, 0.25) is 0 Å². The van der Waals surface area contributed by atoms with Crippen LogP contribution < -0.4 is 5.32 Å². The fourth-order valence-corrected chi connectivity index (χ4v) is 2.81. The van der Waals surface area contributed by atoms with E-state index in [9.17, 15) is 8.42 Å². The van der Waals surface area contributed by atoms with Crippen LogP contribution in [0.1, 0.15) is 56.7 Å². The Morgan fingerprint density at radius 3 is 2.10 bits per heavy atom. The minimum atomic E-state index is -2.91. The average Bonchev–Trinajstić information content (AvgIpc) is 2.38. The second-order valence-corrected chi connectivity index (χ2v) is 8.01. The lowest BCUT2D eigenvalue weighted by atomic mass is 9.98. The van der Waals surface area contributed by atoms with Crippen molar-refractivity contribution in [3.05, 3.63) is 35.4 Å². The van der Waals surface area contributed by atoms with Gasteiger partial charge in [-0.2, -0.15) is 0 Å². The van der Waals surface area contributed by atoms with Gasteiger partial charge in [0.05, 0.1) is 5.75 Å². The standard InChI is InChI=1S/C16H27NO2S/c1-5-11-17-16(10-12-20(4,18)19)15-8-6-14(7-9-15)13(2)3/h6-9,13,16-17H,5,10-12H2,1-4H3. The summed E-state index contributed by atoms with van der Waals surface area (Å²) in [5, 5.41) is 3.44. The molecule has 0 aliphatic carbocycles. The van der Waals surface area contributed by atoms with Gasteiger partial charge in [-0.1, -0.05) is 45.0 Å². The maximum Gasteiger partial charge on any atom is 0.147 e. The summed E-state index contributed by atoms with van der Waals surface area (Å²) >= 11 is 0. The van der Waals surface area contributed by atoms with Crippen molar-refractivity contribution in [1.82, 2.24) is 5.32 Å². The molecule has 1 atom stereocenters. The summed E-state index contributed by atoms with van der Waals surface area (Å²) < 4.78 is 22.7. The molecule has 1 rings (SSSR count). The Morgan fingerprint density at radius 1 is 1.10 bits per heavy atom. The molecule has 114 valence electrons. The summed E-state index contributed by atoms with van der Waals surface area (Å²) in [6, 6.07) is 8.63. The predicted molar refractivity (Wildman–Crippen MR) is 85.9 cm³/mol. The monoisotopic (exact) mass is 297 g/mol. The number of hydrogen-bond acceptors (Lipinski definition) is 3. The molecule has 0 aliphatic rings. The third-order valence-electron chi connectivity index (χ3n) is 3.42. The van der Waals surface area contributed by atoms with Crippen molar-refractivity contribution in [2.24, 2.45) is 0 Å². The average molecular weight is 297 g/mol. The predicted octanol–water partition coefficient (Wildman–Crippen LogP) is 3.29. The van der Waals surface area contributed by atoms with Gasteiger partial charge in [-0.15, -0.1) is 0 Å². The second kappa shape index (κ2) is 7.79. The summed E-state index contributed by atoms with van der Waals surface area (Å²) in [4.78, 5) is 0. The molecule has 1 aromatic carbocycles. The third kappa shape index (κ3) is 6.06. The van der Waals surface area contributed by atoms with Crippen molar-refractivity contribution in [2.75, 3.05) is 18.6 Å². The molecule has 3 nitrogen and oxygen atoms in total. The highest BCUT2D eigenvalue weighted by molar-refractivity contribution is 7.90. The van der Waals surface area contributed by atoms with Crippen molar-refractivity contribution in [3.8, 4) is 0 Å². The first kappa shape index (κ1) is 17.2. The lowest BCUT2D eigenvalue weighted by Crippen LogP contribution is -2.24. The van der Waals surface area contributed by atoms with Crippen LogP contribution in [0, 0.1) is 0 Å². The highest BCUT2D eigenvalue weighted by Gasteiger charge is 2.14. The highest BCUT2D eigenvalue weighted by atomic mass is 32.2. The van der Waals surface area contributed by atoms with Crippen LogP contribution in [0.25, 0.3) is 0 Å². The molecule has 0 radical (unpaired) electrons. The first-order valence-corrected chi connectivity index (χ1v) is 9.40. The minimum Gasteiger partial charge on any atom is -0.310 e. The molecule has 1 unspecified atom stereocenters. The van der Waals surface area contributed by atoms with E-state index in [2.05, 4.69) is 50.4 Å². The molecule has 0 aliphatic heterocycles. The van der Waals surface area contributed by atoms with Crippen LogP contribution in [0.5, 0.6) is 0 Å². The van der Waals surface area contributed by atoms with Crippen LogP contribution in [-0.2, 0) is 9.84 Å². The van der Waals surface area contributed by atoms with Crippen molar-refractivity contribution >= 4 is 9.84 Å². The number of rotatable bonds is 8. The van der Waals surface area contributed by atoms with Crippen LogP contribution in [0.3, 0.4) is 0 Å². The Bertz CT molecular complexity index is 492. The van der Waals surface area contributed by atoms with Gasteiger partial charge in [0, 0.05) is 12.3 Å². The van der Waals surface area contributed by atoms with Gasteiger partial charge in [-0.05, 0) is 36.4 Å². The molecule has 20 heavy (non-hydrogen) atoms. The third-order valence-corrected chi connectivity index (χ3v) is 4.40. The summed E-state index contributed by atoms with van der Waals surface area (Å²) in [5.41, 5.74) is 2.48. The summed E-state index contributed by atoms with van der Waals surface area (Å²) in [5.74, 6) is 0.738. The molecular formula is C16H27NO2S.